The van der Waals surface area contributed by atoms with Gasteiger partial charge >= 0.3 is 0 Å². The zero-order valence-electron chi connectivity index (χ0n) is 9.75. The Kier molecular flexibility index (Phi) is 1.85. The van der Waals surface area contributed by atoms with Crippen molar-refractivity contribution in [3.05, 3.63) is 0 Å². The molecule has 0 aromatic carbocycles. The molecular formula is C12H21NO2. The van der Waals surface area contributed by atoms with Crippen LogP contribution >= 0.6 is 0 Å². The molecular weight excluding hydrogens is 190 g/mol. The Morgan fingerprint density at radius 1 is 1.33 bits per heavy atom. The molecule has 2 bridgehead atoms. The van der Waals surface area contributed by atoms with Crippen molar-refractivity contribution in [2.45, 2.75) is 44.2 Å². The summed E-state index contributed by atoms with van der Waals surface area (Å²) in [5.74, 6) is 0. The van der Waals surface area contributed by atoms with Gasteiger partial charge in [-0.1, -0.05) is 0 Å². The van der Waals surface area contributed by atoms with Crippen LogP contribution in [0.5, 0.6) is 0 Å². The van der Waals surface area contributed by atoms with E-state index in [1.54, 1.807) is 0 Å². The summed E-state index contributed by atoms with van der Waals surface area (Å²) in [6.45, 7) is 7.86. The van der Waals surface area contributed by atoms with Crippen molar-refractivity contribution in [3.8, 4) is 0 Å². The summed E-state index contributed by atoms with van der Waals surface area (Å²) in [5.41, 5.74) is 0.559. The number of aliphatic hydroxyl groups excluding tert-OH is 1. The van der Waals surface area contributed by atoms with Crippen molar-refractivity contribution < 1.29 is 9.84 Å². The van der Waals surface area contributed by atoms with Crippen molar-refractivity contribution >= 4 is 0 Å². The summed E-state index contributed by atoms with van der Waals surface area (Å²) in [4.78, 5) is 2.56. The minimum Gasteiger partial charge on any atom is -0.396 e. The normalized spacial score (nSPS) is 47.4. The monoisotopic (exact) mass is 211 g/mol. The van der Waals surface area contributed by atoms with E-state index in [4.69, 9.17) is 4.74 Å². The summed E-state index contributed by atoms with van der Waals surface area (Å²) in [7, 11) is 0. The van der Waals surface area contributed by atoms with Gasteiger partial charge in [-0.05, 0) is 33.1 Å². The highest BCUT2D eigenvalue weighted by molar-refractivity contribution is 5.11. The molecule has 1 saturated carbocycles. The van der Waals surface area contributed by atoms with E-state index in [9.17, 15) is 5.11 Å². The maximum Gasteiger partial charge on any atom is 0.0800 e. The zero-order valence-corrected chi connectivity index (χ0v) is 9.75. The first-order chi connectivity index (χ1) is 6.99. The molecule has 15 heavy (non-hydrogen) atoms. The van der Waals surface area contributed by atoms with E-state index in [1.807, 2.05) is 0 Å². The van der Waals surface area contributed by atoms with Gasteiger partial charge in [0.2, 0.25) is 0 Å². The predicted octanol–water partition coefficient (Wildman–Crippen LogP) is 1.01. The molecule has 3 aliphatic rings. The summed E-state index contributed by atoms with van der Waals surface area (Å²) in [6, 6.07) is 0. The first-order valence-electron chi connectivity index (χ1n) is 5.99. The number of fused-ring (bicyclic) bond motifs is 2. The molecule has 2 aliphatic heterocycles. The Hall–Kier alpha value is -0.120. The van der Waals surface area contributed by atoms with Crippen molar-refractivity contribution in [1.82, 2.24) is 4.90 Å². The maximum absolute atomic E-state index is 9.38. The first-order valence-corrected chi connectivity index (χ1v) is 5.99. The summed E-state index contributed by atoms with van der Waals surface area (Å²) in [6.07, 6.45) is 3.56. The molecule has 2 heterocycles. The molecule has 3 rings (SSSR count). The van der Waals surface area contributed by atoms with Gasteiger partial charge in [0.15, 0.2) is 0 Å². The minimum atomic E-state index is 0.0836. The molecule has 2 saturated heterocycles. The van der Waals surface area contributed by atoms with Gasteiger partial charge in [-0.15, -0.1) is 0 Å². The fourth-order valence-electron chi connectivity index (χ4n) is 3.33. The van der Waals surface area contributed by atoms with E-state index < -0.39 is 0 Å². The van der Waals surface area contributed by atoms with Gasteiger partial charge in [0, 0.05) is 30.7 Å². The number of hydrogen-bond acceptors (Lipinski definition) is 3. The van der Waals surface area contributed by atoms with Crippen molar-refractivity contribution in [1.29, 1.82) is 0 Å². The molecule has 0 spiro atoms. The number of morpholine rings is 1. The smallest absolute Gasteiger partial charge is 0.0800 e. The summed E-state index contributed by atoms with van der Waals surface area (Å²) >= 11 is 0. The molecule has 2 atom stereocenters. The lowest BCUT2D eigenvalue weighted by molar-refractivity contribution is -0.0610. The van der Waals surface area contributed by atoms with Crippen LogP contribution in [0.3, 0.4) is 0 Å². The maximum atomic E-state index is 9.38. The van der Waals surface area contributed by atoms with Gasteiger partial charge in [0.1, 0.15) is 0 Å². The molecule has 1 aliphatic carbocycles. The molecule has 0 unspecified atom stereocenters. The molecule has 0 radical (unpaired) electrons. The Balaban J connectivity index is 1.73. The Morgan fingerprint density at radius 2 is 2.07 bits per heavy atom. The standard InChI is InChI=1S/C12H21NO2/c1-10-5-11(2,15-9-10)6-13(10)7-12(8-14)3-4-12/h14H,3-9H2,1-2H3/t10-,11-/m1/s1. The average Bonchev–Trinajstić information content (AvgIpc) is 2.81. The molecule has 3 nitrogen and oxygen atoms in total. The fraction of sp³-hybridized carbons (Fsp3) is 1.00. The molecule has 3 heteroatoms. The second kappa shape index (κ2) is 2.76. The number of hydrogen-bond donors (Lipinski definition) is 1. The van der Waals surface area contributed by atoms with Gasteiger partial charge in [-0.2, -0.15) is 0 Å². The van der Waals surface area contributed by atoms with E-state index in [1.165, 1.54) is 12.8 Å². The number of rotatable bonds is 3. The number of likely N-dealkylation sites (tertiary alicyclic amines) is 1. The van der Waals surface area contributed by atoms with Crippen LogP contribution in [0.4, 0.5) is 0 Å². The van der Waals surface area contributed by atoms with Crippen molar-refractivity contribution in [3.63, 3.8) is 0 Å². The van der Waals surface area contributed by atoms with E-state index in [0.29, 0.717) is 6.61 Å². The number of ether oxygens (including phenoxy) is 1. The van der Waals surface area contributed by atoms with E-state index in [2.05, 4.69) is 18.7 Å². The molecule has 0 aromatic heterocycles. The Morgan fingerprint density at radius 3 is 2.47 bits per heavy atom. The third kappa shape index (κ3) is 1.44. The van der Waals surface area contributed by atoms with E-state index in [0.717, 1.165) is 26.1 Å². The van der Waals surface area contributed by atoms with Crippen molar-refractivity contribution in [2.75, 3.05) is 26.3 Å². The van der Waals surface area contributed by atoms with Crippen LogP contribution in [-0.4, -0.2) is 47.4 Å². The lowest BCUT2D eigenvalue weighted by Gasteiger charge is -2.38. The Labute approximate surface area is 91.4 Å². The lowest BCUT2D eigenvalue weighted by atomic mass is 9.96. The third-order valence-electron chi connectivity index (χ3n) is 4.59. The quantitative estimate of drug-likeness (QED) is 0.756. The molecule has 3 fully saturated rings. The van der Waals surface area contributed by atoms with Crippen LogP contribution < -0.4 is 0 Å². The highest BCUT2D eigenvalue weighted by atomic mass is 16.5. The van der Waals surface area contributed by atoms with Crippen LogP contribution in [0.25, 0.3) is 0 Å². The third-order valence-corrected chi connectivity index (χ3v) is 4.59. The van der Waals surface area contributed by atoms with Crippen LogP contribution in [0.15, 0.2) is 0 Å². The van der Waals surface area contributed by atoms with Gasteiger partial charge < -0.3 is 9.84 Å². The fourth-order valence-corrected chi connectivity index (χ4v) is 3.33. The highest BCUT2D eigenvalue weighted by Crippen LogP contribution is 2.51. The molecule has 86 valence electrons. The SMILES string of the molecule is C[C@@]12CN(CC3(CO)CC3)[C@@](C)(CO1)C2. The molecule has 1 N–H and O–H groups in total. The number of nitrogens with zero attached hydrogens (tertiary/aromatic N) is 1. The van der Waals surface area contributed by atoms with Crippen LogP contribution in [-0.2, 0) is 4.74 Å². The Bertz CT molecular complexity index is 289. The van der Waals surface area contributed by atoms with Gasteiger partial charge in [-0.3, -0.25) is 4.90 Å². The van der Waals surface area contributed by atoms with Gasteiger partial charge in [0.05, 0.1) is 12.2 Å². The van der Waals surface area contributed by atoms with E-state index >= 15 is 0 Å². The average molecular weight is 211 g/mol. The zero-order chi connectivity index (χ0) is 10.7. The largest absolute Gasteiger partial charge is 0.396 e. The predicted molar refractivity (Wildman–Crippen MR) is 57.7 cm³/mol. The second-order valence-electron chi connectivity index (χ2n) is 6.43. The van der Waals surface area contributed by atoms with Gasteiger partial charge in [0.25, 0.3) is 0 Å². The van der Waals surface area contributed by atoms with Crippen LogP contribution in [0.2, 0.25) is 0 Å². The second-order valence-corrected chi connectivity index (χ2v) is 6.43. The lowest BCUT2D eigenvalue weighted by Crippen LogP contribution is -2.50. The first kappa shape index (κ1) is 10.1. The number of aliphatic hydroxyl groups is 1. The topological polar surface area (TPSA) is 32.7 Å². The van der Waals surface area contributed by atoms with Crippen LogP contribution in [0.1, 0.15) is 33.1 Å². The van der Waals surface area contributed by atoms with Gasteiger partial charge in [-0.25, -0.2) is 0 Å². The minimum absolute atomic E-state index is 0.0836. The van der Waals surface area contributed by atoms with Crippen molar-refractivity contribution in [2.24, 2.45) is 5.41 Å². The molecule has 0 aromatic rings. The summed E-state index contributed by atoms with van der Waals surface area (Å²) < 4.78 is 5.84. The van der Waals surface area contributed by atoms with E-state index in [-0.39, 0.29) is 16.6 Å². The highest BCUT2D eigenvalue weighted by Gasteiger charge is 2.58. The van der Waals surface area contributed by atoms with Crippen LogP contribution in [0, 0.1) is 5.41 Å². The molecule has 0 amide bonds. The summed E-state index contributed by atoms with van der Waals surface area (Å²) in [5, 5.41) is 9.38.